The minimum Gasteiger partial charge on any atom is -0.368 e. The van der Waals surface area contributed by atoms with E-state index in [0.717, 1.165) is 0 Å². The summed E-state index contributed by atoms with van der Waals surface area (Å²) in [5.41, 5.74) is -0.673. The molecule has 0 bridgehead atoms. The minimum absolute atomic E-state index is 0.143. The Labute approximate surface area is 151 Å². The number of amides is 1. The zero-order chi connectivity index (χ0) is 18.4. The summed E-state index contributed by atoms with van der Waals surface area (Å²) in [7, 11) is 0. The van der Waals surface area contributed by atoms with Crippen LogP contribution >= 0.6 is 11.6 Å². The Morgan fingerprint density at radius 2 is 2.00 bits per heavy atom. The number of ether oxygens (including phenoxy) is 1. The molecule has 0 radical (unpaired) electrons. The second-order valence-electron chi connectivity index (χ2n) is 7.33. The Kier molecular flexibility index (Phi) is 4.37. The standard InChI is InChI=1S/C18H21ClFN3O2/c1-17(2)15(18(3,4)25-17)16(24)21-14-8-9-23(22-14)10-11-12(19)6-5-7-13(11)20/h5-9,15H,10H2,1-4H3,(H,21,22,24). The molecule has 7 heteroatoms. The lowest BCUT2D eigenvalue weighted by molar-refractivity contribution is -0.280. The number of carbonyl (C=O) groups excluding carboxylic acids is 1. The molecule has 0 unspecified atom stereocenters. The first-order chi connectivity index (χ1) is 11.6. The van der Waals surface area contributed by atoms with Gasteiger partial charge in [-0.05, 0) is 39.8 Å². The van der Waals surface area contributed by atoms with Crippen LogP contribution in [0, 0.1) is 11.7 Å². The van der Waals surface area contributed by atoms with Crippen molar-refractivity contribution in [3.63, 3.8) is 0 Å². The van der Waals surface area contributed by atoms with Gasteiger partial charge in [0.15, 0.2) is 5.82 Å². The fraction of sp³-hybridized carbons (Fsp3) is 0.444. The minimum atomic E-state index is -0.517. The number of carbonyl (C=O) groups is 1. The van der Waals surface area contributed by atoms with E-state index < -0.39 is 11.2 Å². The second-order valence-corrected chi connectivity index (χ2v) is 7.74. The number of hydrogen-bond acceptors (Lipinski definition) is 3. The molecule has 0 aliphatic carbocycles. The maximum atomic E-state index is 13.9. The van der Waals surface area contributed by atoms with Crippen LogP contribution in [0.5, 0.6) is 0 Å². The molecule has 0 atom stereocenters. The predicted molar refractivity (Wildman–Crippen MR) is 94.1 cm³/mol. The third-order valence-electron chi connectivity index (χ3n) is 4.45. The molecule has 1 aromatic heterocycles. The quantitative estimate of drug-likeness (QED) is 0.894. The molecule has 2 aromatic rings. The van der Waals surface area contributed by atoms with Gasteiger partial charge in [0, 0.05) is 22.8 Å². The molecule has 0 spiro atoms. The molecular formula is C18H21ClFN3O2. The van der Waals surface area contributed by atoms with Crippen LogP contribution in [0.3, 0.4) is 0 Å². The van der Waals surface area contributed by atoms with E-state index in [9.17, 15) is 9.18 Å². The Morgan fingerprint density at radius 1 is 1.32 bits per heavy atom. The lowest BCUT2D eigenvalue weighted by Crippen LogP contribution is -2.66. The summed E-state index contributed by atoms with van der Waals surface area (Å²) in [6, 6.07) is 6.22. The van der Waals surface area contributed by atoms with Crippen LogP contribution in [0.4, 0.5) is 10.2 Å². The monoisotopic (exact) mass is 365 g/mol. The van der Waals surface area contributed by atoms with E-state index in [0.29, 0.717) is 16.4 Å². The summed E-state index contributed by atoms with van der Waals surface area (Å²) >= 11 is 6.04. The average molecular weight is 366 g/mol. The van der Waals surface area contributed by atoms with Crippen molar-refractivity contribution < 1.29 is 13.9 Å². The van der Waals surface area contributed by atoms with Crippen molar-refractivity contribution in [1.29, 1.82) is 0 Å². The van der Waals surface area contributed by atoms with Crippen molar-refractivity contribution in [2.24, 2.45) is 5.92 Å². The van der Waals surface area contributed by atoms with Gasteiger partial charge in [0.05, 0.1) is 23.7 Å². The highest BCUT2D eigenvalue weighted by atomic mass is 35.5. The molecule has 1 aliphatic rings. The first-order valence-corrected chi connectivity index (χ1v) is 8.45. The van der Waals surface area contributed by atoms with E-state index >= 15 is 0 Å². The normalized spacial score (nSPS) is 18.6. The van der Waals surface area contributed by atoms with E-state index in [-0.39, 0.29) is 24.2 Å². The number of nitrogens with zero attached hydrogens (tertiary/aromatic N) is 2. The molecule has 0 saturated carbocycles. The van der Waals surface area contributed by atoms with Crippen LogP contribution in [0.2, 0.25) is 5.02 Å². The largest absolute Gasteiger partial charge is 0.368 e. The van der Waals surface area contributed by atoms with Crippen LogP contribution < -0.4 is 5.32 Å². The average Bonchev–Trinajstić information content (AvgIpc) is 2.87. The van der Waals surface area contributed by atoms with Crippen molar-refractivity contribution >= 4 is 23.3 Å². The highest BCUT2D eigenvalue weighted by molar-refractivity contribution is 6.31. The Hall–Kier alpha value is -1.92. The van der Waals surface area contributed by atoms with Gasteiger partial charge in [0.1, 0.15) is 5.82 Å². The molecule has 5 nitrogen and oxygen atoms in total. The van der Waals surface area contributed by atoms with Crippen molar-refractivity contribution in [2.45, 2.75) is 45.4 Å². The van der Waals surface area contributed by atoms with Crippen molar-refractivity contribution in [3.05, 3.63) is 46.9 Å². The molecule has 1 amide bonds. The van der Waals surface area contributed by atoms with E-state index in [1.807, 2.05) is 27.7 Å². The number of rotatable bonds is 4. The van der Waals surface area contributed by atoms with Gasteiger partial charge in [-0.2, -0.15) is 5.10 Å². The van der Waals surface area contributed by atoms with Gasteiger partial charge in [0.2, 0.25) is 5.91 Å². The van der Waals surface area contributed by atoms with Gasteiger partial charge in [-0.25, -0.2) is 4.39 Å². The Bertz CT molecular complexity index is 782. The van der Waals surface area contributed by atoms with Crippen LogP contribution in [-0.4, -0.2) is 26.9 Å². The van der Waals surface area contributed by atoms with Crippen LogP contribution in [0.25, 0.3) is 0 Å². The second kappa shape index (κ2) is 6.11. The number of halogens is 2. The topological polar surface area (TPSA) is 56.1 Å². The smallest absolute Gasteiger partial charge is 0.234 e. The SMILES string of the molecule is CC1(C)OC(C)(C)C1C(=O)Nc1ccn(Cc2c(F)cccc2Cl)n1. The number of aromatic nitrogens is 2. The molecule has 1 aliphatic heterocycles. The van der Waals surface area contributed by atoms with E-state index in [1.54, 1.807) is 24.4 Å². The zero-order valence-electron chi connectivity index (χ0n) is 14.6. The van der Waals surface area contributed by atoms with Crippen LogP contribution in [0.15, 0.2) is 30.5 Å². The Balaban J connectivity index is 1.71. The molecule has 1 N–H and O–H groups in total. The summed E-state index contributed by atoms with van der Waals surface area (Å²) in [6.45, 7) is 7.75. The van der Waals surface area contributed by atoms with Crippen LogP contribution in [-0.2, 0) is 16.1 Å². The van der Waals surface area contributed by atoms with Crippen molar-refractivity contribution in [3.8, 4) is 0 Å². The summed E-state index contributed by atoms with van der Waals surface area (Å²) < 4.78 is 21.2. The van der Waals surface area contributed by atoms with Crippen LogP contribution in [0.1, 0.15) is 33.3 Å². The number of hydrogen-bond donors (Lipinski definition) is 1. The maximum Gasteiger partial charge on any atom is 0.234 e. The third kappa shape index (κ3) is 3.41. The summed E-state index contributed by atoms with van der Waals surface area (Å²) in [4.78, 5) is 12.6. The molecule has 3 rings (SSSR count). The lowest BCUT2D eigenvalue weighted by Gasteiger charge is -2.56. The van der Waals surface area contributed by atoms with Crippen molar-refractivity contribution in [1.82, 2.24) is 9.78 Å². The summed E-state index contributed by atoms with van der Waals surface area (Å²) in [5.74, 6) is -0.402. The molecule has 1 aromatic carbocycles. The maximum absolute atomic E-state index is 13.9. The third-order valence-corrected chi connectivity index (χ3v) is 4.81. The van der Waals surface area contributed by atoms with Gasteiger partial charge in [0.25, 0.3) is 0 Å². The van der Waals surface area contributed by atoms with Gasteiger partial charge < -0.3 is 10.1 Å². The van der Waals surface area contributed by atoms with E-state index in [2.05, 4.69) is 10.4 Å². The number of nitrogens with one attached hydrogen (secondary N) is 1. The lowest BCUT2D eigenvalue weighted by atomic mass is 9.71. The van der Waals surface area contributed by atoms with Gasteiger partial charge in [-0.3, -0.25) is 9.48 Å². The highest BCUT2D eigenvalue weighted by Gasteiger charge is 2.58. The highest BCUT2D eigenvalue weighted by Crippen LogP contribution is 2.47. The number of benzene rings is 1. The molecule has 25 heavy (non-hydrogen) atoms. The molecule has 2 heterocycles. The van der Waals surface area contributed by atoms with E-state index in [4.69, 9.17) is 16.3 Å². The summed E-state index contributed by atoms with van der Waals surface area (Å²) in [5, 5.41) is 7.44. The zero-order valence-corrected chi connectivity index (χ0v) is 15.4. The molecule has 1 fully saturated rings. The first-order valence-electron chi connectivity index (χ1n) is 8.07. The van der Waals surface area contributed by atoms with Gasteiger partial charge in [-0.1, -0.05) is 17.7 Å². The first kappa shape index (κ1) is 17.9. The Morgan fingerprint density at radius 3 is 2.60 bits per heavy atom. The number of anilines is 1. The summed E-state index contributed by atoms with van der Waals surface area (Å²) in [6.07, 6.45) is 1.67. The molecule has 1 saturated heterocycles. The fourth-order valence-corrected chi connectivity index (χ4v) is 3.99. The molecule has 134 valence electrons. The van der Waals surface area contributed by atoms with E-state index in [1.165, 1.54) is 10.7 Å². The predicted octanol–water partition coefficient (Wildman–Crippen LogP) is 3.87. The van der Waals surface area contributed by atoms with Crippen molar-refractivity contribution in [2.75, 3.05) is 5.32 Å². The van der Waals surface area contributed by atoms with Gasteiger partial charge >= 0.3 is 0 Å². The fourth-order valence-electron chi connectivity index (χ4n) is 3.77. The molecular weight excluding hydrogens is 345 g/mol. The van der Waals surface area contributed by atoms with Gasteiger partial charge in [-0.15, -0.1) is 0 Å².